The van der Waals surface area contributed by atoms with Gasteiger partial charge in [0.25, 0.3) is 0 Å². The van der Waals surface area contributed by atoms with Crippen LogP contribution in [0.3, 0.4) is 0 Å². The van der Waals surface area contributed by atoms with Crippen molar-refractivity contribution in [3.8, 4) is 0 Å². The highest BCUT2D eigenvalue weighted by molar-refractivity contribution is 5.68. The van der Waals surface area contributed by atoms with Crippen LogP contribution in [0.5, 0.6) is 0 Å². The van der Waals surface area contributed by atoms with Gasteiger partial charge in [0, 0.05) is 13.1 Å². The van der Waals surface area contributed by atoms with Gasteiger partial charge < -0.3 is 10.6 Å². The topological polar surface area (TPSA) is 29.3 Å². The Morgan fingerprint density at radius 1 is 1.14 bits per heavy atom. The molecule has 1 aromatic rings. The molecule has 1 aromatic carbocycles. The standard InChI is InChI=1S/C10H12F2N2/c11-7-3-4-8(13)10(9(7)12)14-5-1-2-6-14/h3-4H,1-2,5-6,13H2. The summed E-state index contributed by atoms with van der Waals surface area (Å²) >= 11 is 0. The Balaban J connectivity index is 2.44. The van der Waals surface area contributed by atoms with Gasteiger partial charge in [0.05, 0.1) is 11.4 Å². The average molecular weight is 198 g/mol. The minimum absolute atomic E-state index is 0.225. The molecule has 14 heavy (non-hydrogen) atoms. The molecule has 2 nitrogen and oxygen atoms in total. The van der Waals surface area contributed by atoms with Crippen molar-refractivity contribution in [2.45, 2.75) is 12.8 Å². The molecule has 0 amide bonds. The van der Waals surface area contributed by atoms with Crippen LogP contribution in [-0.4, -0.2) is 13.1 Å². The fourth-order valence-corrected chi connectivity index (χ4v) is 1.82. The Bertz CT molecular complexity index is 346. The lowest BCUT2D eigenvalue weighted by molar-refractivity contribution is 0.508. The summed E-state index contributed by atoms with van der Waals surface area (Å²) in [6.45, 7) is 1.51. The molecule has 0 aromatic heterocycles. The van der Waals surface area contributed by atoms with Gasteiger partial charge in [0.2, 0.25) is 0 Å². The van der Waals surface area contributed by atoms with E-state index in [0.29, 0.717) is 5.69 Å². The van der Waals surface area contributed by atoms with Gasteiger partial charge in [-0.2, -0.15) is 0 Å². The van der Waals surface area contributed by atoms with Gasteiger partial charge in [-0.3, -0.25) is 0 Å². The lowest BCUT2D eigenvalue weighted by Gasteiger charge is -2.20. The molecule has 0 bridgehead atoms. The number of benzene rings is 1. The summed E-state index contributed by atoms with van der Waals surface area (Å²) in [6.07, 6.45) is 2.02. The molecule has 0 unspecified atom stereocenters. The zero-order chi connectivity index (χ0) is 10.1. The van der Waals surface area contributed by atoms with Gasteiger partial charge in [-0.15, -0.1) is 0 Å². The van der Waals surface area contributed by atoms with Crippen LogP contribution in [-0.2, 0) is 0 Å². The largest absolute Gasteiger partial charge is 0.397 e. The zero-order valence-electron chi connectivity index (χ0n) is 7.76. The Labute approximate surface area is 81.3 Å². The number of nitrogens with two attached hydrogens (primary N) is 1. The summed E-state index contributed by atoms with van der Waals surface area (Å²) in [5, 5.41) is 0. The van der Waals surface area contributed by atoms with Crippen molar-refractivity contribution in [1.82, 2.24) is 0 Å². The molecule has 2 rings (SSSR count). The maximum Gasteiger partial charge on any atom is 0.184 e. The Hall–Kier alpha value is -1.32. The van der Waals surface area contributed by atoms with Crippen LogP contribution >= 0.6 is 0 Å². The van der Waals surface area contributed by atoms with Gasteiger partial charge in [0.15, 0.2) is 11.6 Å². The summed E-state index contributed by atoms with van der Waals surface area (Å²) in [4.78, 5) is 1.80. The normalized spacial score (nSPS) is 16.3. The van der Waals surface area contributed by atoms with E-state index < -0.39 is 11.6 Å². The lowest BCUT2D eigenvalue weighted by Crippen LogP contribution is -2.21. The minimum Gasteiger partial charge on any atom is -0.397 e. The zero-order valence-corrected chi connectivity index (χ0v) is 7.76. The number of rotatable bonds is 1. The predicted octanol–water partition coefficient (Wildman–Crippen LogP) is 2.15. The third-order valence-corrected chi connectivity index (χ3v) is 2.52. The average Bonchev–Trinajstić information content (AvgIpc) is 2.65. The highest BCUT2D eigenvalue weighted by Crippen LogP contribution is 2.30. The van der Waals surface area contributed by atoms with Crippen LogP contribution in [0.2, 0.25) is 0 Å². The molecule has 1 saturated heterocycles. The van der Waals surface area contributed by atoms with Crippen LogP contribution in [0, 0.1) is 11.6 Å². The number of nitrogens with zero attached hydrogens (tertiary/aromatic N) is 1. The van der Waals surface area contributed by atoms with Crippen molar-refractivity contribution in [2.24, 2.45) is 0 Å². The predicted molar refractivity (Wildman–Crippen MR) is 52.2 cm³/mol. The summed E-state index contributed by atoms with van der Waals surface area (Å²) < 4.78 is 26.4. The SMILES string of the molecule is Nc1ccc(F)c(F)c1N1CCCC1. The van der Waals surface area contributed by atoms with E-state index in [9.17, 15) is 8.78 Å². The molecule has 0 spiro atoms. The first kappa shape index (κ1) is 9.24. The molecule has 76 valence electrons. The summed E-state index contributed by atoms with van der Waals surface area (Å²) in [5.41, 5.74) is 6.16. The van der Waals surface area contributed by atoms with E-state index in [1.54, 1.807) is 4.90 Å². The quantitative estimate of drug-likeness (QED) is 0.700. The summed E-state index contributed by atoms with van der Waals surface area (Å²) in [5.74, 6) is -1.66. The molecule has 1 fully saturated rings. The number of hydrogen-bond acceptors (Lipinski definition) is 2. The smallest absolute Gasteiger partial charge is 0.184 e. The lowest BCUT2D eigenvalue weighted by atomic mass is 10.2. The molecule has 0 aliphatic carbocycles. The van der Waals surface area contributed by atoms with Crippen LogP contribution in [0.1, 0.15) is 12.8 Å². The highest BCUT2D eigenvalue weighted by Gasteiger charge is 2.20. The molecule has 0 atom stereocenters. The van der Waals surface area contributed by atoms with Gasteiger partial charge in [-0.1, -0.05) is 0 Å². The molecular weight excluding hydrogens is 186 g/mol. The van der Waals surface area contributed by atoms with E-state index in [2.05, 4.69) is 0 Å². The van der Waals surface area contributed by atoms with Crippen molar-refractivity contribution in [3.63, 3.8) is 0 Å². The molecule has 1 aliphatic heterocycles. The van der Waals surface area contributed by atoms with E-state index in [-0.39, 0.29) is 5.69 Å². The number of anilines is 2. The second kappa shape index (κ2) is 3.44. The Kier molecular flexibility index (Phi) is 2.27. The maximum atomic E-state index is 13.4. The fourth-order valence-electron chi connectivity index (χ4n) is 1.82. The molecule has 0 saturated carbocycles. The van der Waals surface area contributed by atoms with Crippen molar-refractivity contribution in [3.05, 3.63) is 23.8 Å². The number of halogens is 2. The minimum atomic E-state index is -0.832. The first-order valence-electron chi connectivity index (χ1n) is 4.68. The van der Waals surface area contributed by atoms with Crippen molar-refractivity contribution in [1.29, 1.82) is 0 Å². The van der Waals surface area contributed by atoms with Crippen LogP contribution in [0.4, 0.5) is 20.2 Å². The molecule has 0 radical (unpaired) electrons. The van der Waals surface area contributed by atoms with Crippen molar-refractivity contribution < 1.29 is 8.78 Å². The van der Waals surface area contributed by atoms with E-state index >= 15 is 0 Å². The van der Waals surface area contributed by atoms with Crippen LogP contribution < -0.4 is 10.6 Å². The molecule has 1 aliphatic rings. The van der Waals surface area contributed by atoms with Gasteiger partial charge >= 0.3 is 0 Å². The van der Waals surface area contributed by atoms with Crippen molar-refractivity contribution >= 4 is 11.4 Å². The molecule has 2 N–H and O–H groups in total. The number of hydrogen-bond donors (Lipinski definition) is 1. The van der Waals surface area contributed by atoms with Crippen molar-refractivity contribution in [2.75, 3.05) is 23.7 Å². The first-order valence-corrected chi connectivity index (χ1v) is 4.68. The first-order chi connectivity index (χ1) is 6.70. The van der Waals surface area contributed by atoms with E-state index in [4.69, 9.17) is 5.73 Å². The van der Waals surface area contributed by atoms with Gasteiger partial charge in [-0.25, -0.2) is 8.78 Å². The molecule has 1 heterocycles. The number of nitrogen functional groups attached to an aromatic ring is 1. The molecule has 4 heteroatoms. The van der Waals surface area contributed by atoms with E-state index in [0.717, 1.165) is 32.0 Å². The van der Waals surface area contributed by atoms with Crippen LogP contribution in [0.15, 0.2) is 12.1 Å². The monoisotopic (exact) mass is 198 g/mol. The Morgan fingerprint density at radius 3 is 2.43 bits per heavy atom. The second-order valence-corrected chi connectivity index (χ2v) is 3.49. The van der Waals surface area contributed by atoms with E-state index in [1.165, 1.54) is 6.07 Å². The molecular formula is C10H12F2N2. The third-order valence-electron chi connectivity index (χ3n) is 2.52. The summed E-state index contributed by atoms with van der Waals surface area (Å²) in [7, 11) is 0. The highest BCUT2D eigenvalue weighted by atomic mass is 19.2. The van der Waals surface area contributed by atoms with E-state index in [1.807, 2.05) is 0 Å². The van der Waals surface area contributed by atoms with Gasteiger partial charge in [-0.05, 0) is 25.0 Å². The summed E-state index contributed by atoms with van der Waals surface area (Å²) in [6, 6.07) is 2.47. The van der Waals surface area contributed by atoms with Crippen LogP contribution in [0.25, 0.3) is 0 Å². The third kappa shape index (κ3) is 1.41. The Morgan fingerprint density at radius 2 is 1.79 bits per heavy atom. The fraction of sp³-hybridized carbons (Fsp3) is 0.400. The van der Waals surface area contributed by atoms with Gasteiger partial charge in [0.1, 0.15) is 0 Å². The maximum absolute atomic E-state index is 13.4. The second-order valence-electron chi connectivity index (χ2n) is 3.49.